The van der Waals surface area contributed by atoms with Crippen LogP contribution in [0.15, 0.2) is 86.9 Å². The number of carbonyl (C=O) groups is 2. The Bertz CT molecular complexity index is 1520. The Kier molecular flexibility index (Phi) is 13.6. The molecule has 0 atom stereocenters. The highest BCUT2D eigenvalue weighted by Crippen LogP contribution is 2.17. The predicted molar refractivity (Wildman–Crippen MR) is 181 cm³/mol. The summed E-state index contributed by atoms with van der Waals surface area (Å²) in [5, 5.41) is 3.09. The van der Waals surface area contributed by atoms with Gasteiger partial charge in [0.1, 0.15) is 21.9 Å². The van der Waals surface area contributed by atoms with Crippen LogP contribution in [-0.2, 0) is 9.47 Å². The minimum Gasteiger partial charge on any atom is -0.397 e. The van der Waals surface area contributed by atoms with Gasteiger partial charge >= 0.3 is 0 Å². The van der Waals surface area contributed by atoms with Gasteiger partial charge in [-0.15, -0.1) is 0 Å². The lowest BCUT2D eigenvalue weighted by Gasteiger charge is -2.26. The van der Waals surface area contributed by atoms with E-state index in [1.54, 1.807) is 52.7 Å². The number of nitrogens with one attached hydrogen (secondary N) is 1. The quantitative estimate of drug-likeness (QED) is 0.264. The summed E-state index contributed by atoms with van der Waals surface area (Å²) in [6, 6.07) is 14.3. The molecular formula is C30H31Br3N8O4. The fraction of sp³-hybridized carbons (Fsp3) is 0.267. The summed E-state index contributed by atoms with van der Waals surface area (Å²) in [5.74, 6) is 1.26. The van der Waals surface area contributed by atoms with Gasteiger partial charge < -0.3 is 30.3 Å². The van der Waals surface area contributed by atoms with Gasteiger partial charge in [0.15, 0.2) is 0 Å². The smallest absolute Gasteiger partial charge is 0.272 e. The Morgan fingerprint density at radius 2 is 1.31 bits per heavy atom. The van der Waals surface area contributed by atoms with Crippen LogP contribution in [0.5, 0.6) is 0 Å². The van der Waals surface area contributed by atoms with Crippen molar-refractivity contribution < 1.29 is 19.1 Å². The first kappa shape index (κ1) is 34.4. The van der Waals surface area contributed by atoms with E-state index in [1.165, 1.54) is 6.20 Å². The van der Waals surface area contributed by atoms with Gasteiger partial charge in [-0.1, -0.05) is 31.9 Å². The van der Waals surface area contributed by atoms with Gasteiger partial charge in [-0.2, -0.15) is 0 Å². The first-order valence-corrected chi connectivity index (χ1v) is 16.2. The van der Waals surface area contributed by atoms with Crippen LogP contribution < -0.4 is 11.1 Å². The number of nitrogens with two attached hydrogens (primary N) is 1. The normalized spacial score (nSPS) is 14.3. The van der Waals surface area contributed by atoms with Crippen LogP contribution in [0.4, 0.5) is 17.3 Å². The molecule has 6 rings (SSSR count). The molecule has 0 radical (unpaired) electrons. The van der Waals surface area contributed by atoms with Crippen LogP contribution >= 0.6 is 47.8 Å². The zero-order valence-electron chi connectivity index (χ0n) is 24.1. The molecule has 236 valence electrons. The maximum atomic E-state index is 12.3. The summed E-state index contributed by atoms with van der Waals surface area (Å²) < 4.78 is 13.3. The monoisotopic (exact) mass is 804 g/mol. The van der Waals surface area contributed by atoms with Crippen LogP contribution in [0.1, 0.15) is 20.8 Å². The van der Waals surface area contributed by atoms with E-state index in [-0.39, 0.29) is 11.8 Å². The molecule has 0 spiro atoms. The van der Waals surface area contributed by atoms with Crippen LogP contribution in [0.2, 0.25) is 0 Å². The molecule has 3 N–H and O–H groups in total. The van der Waals surface area contributed by atoms with Crippen molar-refractivity contribution in [3.05, 3.63) is 98.1 Å². The van der Waals surface area contributed by atoms with Crippen molar-refractivity contribution in [3.63, 3.8) is 0 Å². The molecule has 2 fully saturated rings. The molecule has 45 heavy (non-hydrogen) atoms. The standard InChI is InChI=1S/C15H15BrN4O2.C10H13N3O2.C5H3Br2N/c16-12-3-4-17-14(9-12)19-13-2-1-11(10-18-13)15(21)20-5-7-22-8-6-20;11-8-1-2-9(12-7-8)10(14)13-3-5-15-6-4-13;6-4-1-2-8-5(7)3-4/h1-4,9-10H,5-8H2,(H,17,18,19);1-2,7H,3-6,11H2;1-3H. The Morgan fingerprint density at radius 3 is 1.82 bits per heavy atom. The molecule has 0 unspecified atom stereocenters. The summed E-state index contributed by atoms with van der Waals surface area (Å²) in [6.45, 7) is 4.89. The van der Waals surface area contributed by atoms with Crippen molar-refractivity contribution in [1.82, 2.24) is 29.7 Å². The van der Waals surface area contributed by atoms with Crippen LogP contribution in [0.3, 0.4) is 0 Å². The van der Waals surface area contributed by atoms with E-state index >= 15 is 0 Å². The number of halogens is 3. The maximum absolute atomic E-state index is 12.3. The number of amides is 2. The number of ether oxygens (including phenoxy) is 2. The Labute approximate surface area is 286 Å². The third-order valence-electron chi connectivity index (χ3n) is 6.28. The summed E-state index contributed by atoms with van der Waals surface area (Å²) in [5.41, 5.74) is 7.08. The molecule has 15 heteroatoms. The van der Waals surface area contributed by atoms with Gasteiger partial charge in [-0.25, -0.2) is 19.9 Å². The SMILES string of the molecule is Brc1ccnc(Br)c1.Nc1ccc(C(=O)N2CCOCC2)nc1.O=C(c1ccc(Nc2cc(Br)ccn2)nc1)N1CCOCC1. The number of nitrogen functional groups attached to an aromatic ring is 1. The lowest BCUT2D eigenvalue weighted by atomic mass is 10.2. The zero-order valence-corrected chi connectivity index (χ0v) is 28.9. The number of pyridine rings is 4. The molecule has 12 nitrogen and oxygen atoms in total. The highest BCUT2D eigenvalue weighted by molar-refractivity contribution is 9.11. The maximum Gasteiger partial charge on any atom is 0.272 e. The largest absolute Gasteiger partial charge is 0.397 e. The summed E-state index contributed by atoms with van der Waals surface area (Å²) in [6.07, 6.45) is 6.50. The Hall–Kier alpha value is -3.50. The van der Waals surface area contributed by atoms with E-state index in [4.69, 9.17) is 15.2 Å². The summed E-state index contributed by atoms with van der Waals surface area (Å²) >= 11 is 9.90. The molecule has 0 aromatic carbocycles. The minimum atomic E-state index is -0.0571. The Balaban J connectivity index is 0.000000172. The Morgan fingerprint density at radius 1 is 0.689 bits per heavy atom. The third kappa shape index (κ3) is 11.4. The molecule has 2 aliphatic heterocycles. The number of anilines is 3. The first-order chi connectivity index (χ1) is 21.8. The average molecular weight is 807 g/mol. The van der Waals surface area contributed by atoms with E-state index in [9.17, 15) is 9.59 Å². The summed E-state index contributed by atoms with van der Waals surface area (Å²) in [7, 11) is 0. The third-order valence-corrected chi connectivity index (χ3v) is 7.70. The number of carbonyl (C=O) groups excluding carboxylic acids is 2. The van der Waals surface area contributed by atoms with Gasteiger partial charge in [-0.05, 0) is 64.5 Å². The lowest BCUT2D eigenvalue weighted by molar-refractivity contribution is 0.0298. The van der Waals surface area contributed by atoms with Crippen LogP contribution in [0, 0.1) is 0 Å². The van der Waals surface area contributed by atoms with Crippen LogP contribution in [-0.4, -0.2) is 94.2 Å². The molecule has 2 amide bonds. The number of hydrogen-bond acceptors (Lipinski definition) is 10. The molecule has 0 saturated carbocycles. The fourth-order valence-electron chi connectivity index (χ4n) is 3.99. The van der Waals surface area contributed by atoms with Gasteiger partial charge in [0, 0.05) is 53.7 Å². The van der Waals surface area contributed by atoms with E-state index in [0.29, 0.717) is 81.2 Å². The van der Waals surface area contributed by atoms with E-state index in [0.717, 1.165) is 13.5 Å². The second-order valence-electron chi connectivity index (χ2n) is 9.50. The molecule has 2 aliphatic rings. The average Bonchev–Trinajstić information content (AvgIpc) is 3.06. The molecule has 4 aromatic heterocycles. The van der Waals surface area contributed by atoms with Crippen molar-refractivity contribution in [3.8, 4) is 0 Å². The lowest BCUT2D eigenvalue weighted by Crippen LogP contribution is -2.41. The highest BCUT2D eigenvalue weighted by Gasteiger charge is 2.20. The summed E-state index contributed by atoms with van der Waals surface area (Å²) in [4.78, 5) is 44.1. The number of rotatable bonds is 4. The van der Waals surface area contributed by atoms with E-state index in [2.05, 4.69) is 73.0 Å². The first-order valence-electron chi connectivity index (χ1n) is 13.9. The number of hydrogen-bond donors (Lipinski definition) is 2. The number of nitrogens with zero attached hydrogens (tertiary/aromatic N) is 6. The van der Waals surface area contributed by atoms with Gasteiger partial charge in [0.05, 0.1) is 43.9 Å². The number of aromatic nitrogens is 4. The van der Waals surface area contributed by atoms with Gasteiger partial charge in [-0.3, -0.25) is 9.59 Å². The fourth-order valence-corrected chi connectivity index (χ4v) is 5.33. The topological polar surface area (TPSA) is 149 Å². The predicted octanol–water partition coefficient (Wildman–Crippen LogP) is 5.20. The van der Waals surface area contributed by atoms with Gasteiger partial charge in [0.25, 0.3) is 11.8 Å². The zero-order chi connectivity index (χ0) is 32.0. The van der Waals surface area contributed by atoms with Crippen LogP contribution in [0.25, 0.3) is 0 Å². The second-order valence-corrected chi connectivity index (χ2v) is 12.1. The van der Waals surface area contributed by atoms with Crippen molar-refractivity contribution in [2.75, 3.05) is 63.7 Å². The minimum absolute atomic E-state index is 0.0112. The van der Waals surface area contributed by atoms with Crippen molar-refractivity contribution >= 4 is 76.9 Å². The van der Waals surface area contributed by atoms with E-state index in [1.807, 2.05) is 24.3 Å². The molecule has 6 heterocycles. The molecule has 4 aromatic rings. The van der Waals surface area contributed by atoms with Crippen molar-refractivity contribution in [2.45, 2.75) is 0 Å². The molecular weight excluding hydrogens is 776 g/mol. The molecule has 0 aliphatic carbocycles. The van der Waals surface area contributed by atoms with Crippen molar-refractivity contribution in [1.29, 1.82) is 0 Å². The van der Waals surface area contributed by atoms with Gasteiger partial charge in [0.2, 0.25) is 0 Å². The second kappa shape index (κ2) is 17.8. The number of morpholine rings is 2. The molecule has 0 bridgehead atoms. The molecule has 2 saturated heterocycles. The van der Waals surface area contributed by atoms with Crippen molar-refractivity contribution in [2.24, 2.45) is 0 Å². The van der Waals surface area contributed by atoms with E-state index < -0.39 is 0 Å². The highest BCUT2D eigenvalue weighted by atomic mass is 79.9.